The number of aromatic nitrogens is 1. The maximum Gasteiger partial charge on any atom is 0.0281 e. The molecule has 1 aromatic heterocycles. The van der Waals surface area contributed by atoms with Crippen molar-refractivity contribution in [2.24, 2.45) is 0 Å². The van der Waals surface area contributed by atoms with E-state index < -0.39 is 0 Å². The molecule has 1 aliphatic rings. The van der Waals surface area contributed by atoms with Crippen LogP contribution in [0.4, 0.5) is 0 Å². The molecule has 1 aliphatic heterocycles. The van der Waals surface area contributed by atoms with E-state index in [1.807, 2.05) is 12.4 Å². The van der Waals surface area contributed by atoms with Gasteiger partial charge in [0.2, 0.25) is 0 Å². The van der Waals surface area contributed by atoms with Crippen LogP contribution < -0.4 is 0 Å². The van der Waals surface area contributed by atoms with Crippen LogP contribution in [0, 0.1) is 0 Å². The maximum atomic E-state index is 4.10. The van der Waals surface area contributed by atoms with Crippen LogP contribution in [0.1, 0.15) is 37.7 Å². The number of pyridine rings is 1. The second-order valence-electron chi connectivity index (χ2n) is 5.44. The van der Waals surface area contributed by atoms with Gasteiger partial charge in [-0.05, 0) is 49.9 Å². The minimum absolute atomic E-state index is 0.227. The Hall–Kier alpha value is -1.41. The molecule has 0 atom stereocenters. The topological polar surface area (TPSA) is 16.1 Å². The Balaban J connectivity index is 2.18. The molecule has 0 radical (unpaired) electrons. The Bertz CT molecular complexity index is 401. The molecule has 0 aliphatic carbocycles. The monoisotopic (exact) mass is 256 g/mol. The standard InChI is InChI=1S/C17H24N2/c1-3-9-17(10-4-2)11-5-6-14-19(17)15-16-7-12-18-13-8-16/h3-4,7-8,12-13H,1-2,5-6,9-11,14-15H2. The van der Waals surface area contributed by atoms with E-state index >= 15 is 0 Å². The van der Waals surface area contributed by atoms with E-state index in [4.69, 9.17) is 0 Å². The van der Waals surface area contributed by atoms with E-state index in [2.05, 4.69) is 47.3 Å². The number of nitrogens with zero attached hydrogens (tertiary/aromatic N) is 2. The minimum Gasteiger partial charge on any atom is -0.293 e. The smallest absolute Gasteiger partial charge is 0.0281 e. The second kappa shape index (κ2) is 6.67. The van der Waals surface area contributed by atoms with Crippen molar-refractivity contribution in [3.8, 4) is 0 Å². The molecule has 19 heavy (non-hydrogen) atoms. The Morgan fingerprint density at radius 1 is 1.16 bits per heavy atom. The molecule has 1 aromatic rings. The Morgan fingerprint density at radius 2 is 1.84 bits per heavy atom. The summed E-state index contributed by atoms with van der Waals surface area (Å²) in [6.07, 6.45) is 13.8. The maximum absolute atomic E-state index is 4.10. The average Bonchev–Trinajstić information content (AvgIpc) is 2.43. The molecule has 2 heteroatoms. The van der Waals surface area contributed by atoms with Crippen LogP contribution in [0.5, 0.6) is 0 Å². The van der Waals surface area contributed by atoms with Crippen molar-refractivity contribution in [3.05, 3.63) is 55.4 Å². The van der Waals surface area contributed by atoms with E-state index in [0.29, 0.717) is 0 Å². The first-order chi connectivity index (χ1) is 9.30. The van der Waals surface area contributed by atoms with Gasteiger partial charge >= 0.3 is 0 Å². The molecular formula is C17H24N2. The van der Waals surface area contributed by atoms with Crippen molar-refractivity contribution in [2.75, 3.05) is 6.54 Å². The Kier molecular flexibility index (Phi) is 4.92. The number of likely N-dealkylation sites (tertiary alicyclic amines) is 1. The van der Waals surface area contributed by atoms with E-state index in [-0.39, 0.29) is 5.54 Å². The van der Waals surface area contributed by atoms with Gasteiger partial charge in [0.05, 0.1) is 0 Å². The number of rotatable bonds is 6. The fraction of sp³-hybridized carbons (Fsp3) is 0.471. The molecule has 0 N–H and O–H groups in total. The summed E-state index contributed by atoms with van der Waals surface area (Å²) < 4.78 is 0. The lowest BCUT2D eigenvalue weighted by Crippen LogP contribution is -2.50. The van der Waals surface area contributed by atoms with Crippen molar-refractivity contribution in [1.29, 1.82) is 0 Å². The van der Waals surface area contributed by atoms with Crippen molar-refractivity contribution in [2.45, 2.75) is 44.2 Å². The van der Waals surface area contributed by atoms with E-state index in [1.165, 1.54) is 31.4 Å². The molecule has 2 nitrogen and oxygen atoms in total. The van der Waals surface area contributed by atoms with Gasteiger partial charge in [-0.1, -0.05) is 18.6 Å². The average molecular weight is 256 g/mol. The fourth-order valence-electron chi connectivity index (χ4n) is 3.19. The summed E-state index contributed by atoms with van der Waals surface area (Å²) >= 11 is 0. The Morgan fingerprint density at radius 3 is 2.47 bits per heavy atom. The van der Waals surface area contributed by atoms with E-state index in [1.54, 1.807) is 0 Å². The largest absolute Gasteiger partial charge is 0.293 e. The zero-order chi connectivity index (χ0) is 13.6. The number of hydrogen-bond acceptors (Lipinski definition) is 2. The highest BCUT2D eigenvalue weighted by Gasteiger charge is 2.36. The molecule has 0 aromatic carbocycles. The van der Waals surface area contributed by atoms with Gasteiger partial charge in [-0.3, -0.25) is 9.88 Å². The lowest BCUT2D eigenvalue weighted by molar-refractivity contribution is 0.0427. The highest BCUT2D eigenvalue weighted by molar-refractivity contribution is 5.12. The summed E-state index contributed by atoms with van der Waals surface area (Å²) in [7, 11) is 0. The molecule has 0 amide bonds. The summed E-state index contributed by atoms with van der Waals surface area (Å²) in [5.74, 6) is 0. The van der Waals surface area contributed by atoms with Crippen LogP contribution in [0.25, 0.3) is 0 Å². The zero-order valence-corrected chi connectivity index (χ0v) is 11.7. The van der Waals surface area contributed by atoms with Crippen LogP contribution in [0.2, 0.25) is 0 Å². The molecule has 102 valence electrons. The van der Waals surface area contributed by atoms with Gasteiger partial charge in [0.1, 0.15) is 0 Å². The highest BCUT2D eigenvalue weighted by atomic mass is 15.2. The molecule has 0 unspecified atom stereocenters. The van der Waals surface area contributed by atoms with Gasteiger partial charge in [0.25, 0.3) is 0 Å². The highest BCUT2D eigenvalue weighted by Crippen LogP contribution is 2.36. The first kappa shape index (κ1) is 14.0. The predicted molar refractivity (Wildman–Crippen MR) is 80.9 cm³/mol. The molecule has 2 heterocycles. The summed E-state index contributed by atoms with van der Waals surface area (Å²) in [6.45, 7) is 10.1. The summed E-state index contributed by atoms with van der Waals surface area (Å²) in [6, 6.07) is 4.22. The minimum atomic E-state index is 0.227. The molecular weight excluding hydrogens is 232 g/mol. The zero-order valence-electron chi connectivity index (χ0n) is 11.7. The summed E-state index contributed by atoms with van der Waals surface area (Å²) in [4.78, 5) is 6.72. The molecule has 0 spiro atoms. The summed E-state index contributed by atoms with van der Waals surface area (Å²) in [5, 5.41) is 0. The molecule has 1 saturated heterocycles. The lowest BCUT2D eigenvalue weighted by Gasteiger charge is -2.47. The second-order valence-corrected chi connectivity index (χ2v) is 5.44. The third kappa shape index (κ3) is 3.32. The Labute approximate surface area is 116 Å². The van der Waals surface area contributed by atoms with Crippen LogP contribution in [0.3, 0.4) is 0 Å². The molecule has 0 bridgehead atoms. The van der Waals surface area contributed by atoms with E-state index in [0.717, 1.165) is 19.4 Å². The van der Waals surface area contributed by atoms with Crippen LogP contribution >= 0.6 is 0 Å². The summed E-state index contributed by atoms with van der Waals surface area (Å²) in [5.41, 5.74) is 1.57. The SMILES string of the molecule is C=CCC1(CC=C)CCCCN1Cc1ccncc1. The third-order valence-corrected chi connectivity index (χ3v) is 4.16. The van der Waals surface area contributed by atoms with Crippen LogP contribution in [0.15, 0.2) is 49.8 Å². The third-order valence-electron chi connectivity index (χ3n) is 4.16. The first-order valence-corrected chi connectivity index (χ1v) is 7.16. The van der Waals surface area contributed by atoms with Gasteiger partial charge < -0.3 is 0 Å². The number of piperidine rings is 1. The van der Waals surface area contributed by atoms with Gasteiger partial charge in [0.15, 0.2) is 0 Å². The van der Waals surface area contributed by atoms with Gasteiger partial charge in [-0.2, -0.15) is 0 Å². The van der Waals surface area contributed by atoms with Gasteiger partial charge in [-0.15, -0.1) is 13.2 Å². The van der Waals surface area contributed by atoms with Crippen LogP contribution in [-0.4, -0.2) is 22.0 Å². The van der Waals surface area contributed by atoms with Gasteiger partial charge in [0, 0.05) is 24.5 Å². The predicted octanol–water partition coefficient (Wildman–Crippen LogP) is 3.96. The van der Waals surface area contributed by atoms with Crippen molar-refractivity contribution in [3.63, 3.8) is 0 Å². The first-order valence-electron chi connectivity index (χ1n) is 7.16. The van der Waals surface area contributed by atoms with Crippen molar-refractivity contribution in [1.82, 2.24) is 9.88 Å². The van der Waals surface area contributed by atoms with Crippen molar-refractivity contribution >= 4 is 0 Å². The molecule has 1 fully saturated rings. The quantitative estimate of drug-likeness (QED) is 0.716. The van der Waals surface area contributed by atoms with Crippen LogP contribution in [-0.2, 0) is 6.54 Å². The molecule has 0 saturated carbocycles. The van der Waals surface area contributed by atoms with Crippen molar-refractivity contribution < 1.29 is 0 Å². The van der Waals surface area contributed by atoms with E-state index in [9.17, 15) is 0 Å². The number of hydrogen-bond donors (Lipinski definition) is 0. The lowest BCUT2D eigenvalue weighted by atomic mass is 9.80. The fourth-order valence-corrected chi connectivity index (χ4v) is 3.19. The molecule has 2 rings (SSSR count). The van der Waals surface area contributed by atoms with Gasteiger partial charge in [-0.25, -0.2) is 0 Å². The normalized spacial score (nSPS) is 18.9.